The van der Waals surface area contributed by atoms with Crippen LogP contribution in [0.15, 0.2) is 30.3 Å². The van der Waals surface area contributed by atoms with Crippen molar-refractivity contribution >= 4 is 11.9 Å². The number of carboxylic acids is 1. The molecule has 0 heterocycles. The number of amides is 1. The number of benzene rings is 1. The van der Waals surface area contributed by atoms with Crippen LogP contribution in [-0.4, -0.2) is 29.5 Å². The van der Waals surface area contributed by atoms with Crippen molar-refractivity contribution in [2.24, 2.45) is 11.3 Å². The minimum absolute atomic E-state index is 0.158. The smallest absolute Gasteiger partial charge is 0.308 e. The van der Waals surface area contributed by atoms with E-state index in [1.165, 1.54) is 6.92 Å². The van der Waals surface area contributed by atoms with Crippen LogP contribution in [0.25, 0.3) is 0 Å². The van der Waals surface area contributed by atoms with Gasteiger partial charge >= 0.3 is 5.97 Å². The molecule has 2 N–H and O–H groups in total. The first-order valence-corrected chi connectivity index (χ1v) is 6.69. The molecule has 2 atom stereocenters. The highest BCUT2D eigenvalue weighted by Gasteiger charge is 2.72. The number of carboxylic acid groups (broad SMARTS) is 1. The molecule has 4 nitrogen and oxygen atoms in total. The van der Waals surface area contributed by atoms with Crippen molar-refractivity contribution in [3.63, 3.8) is 0 Å². The van der Waals surface area contributed by atoms with E-state index in [1.54, 1.807) is 24.3 Å². The third kappa shape index (κ3) is 3.20. The Morgan fingerprint density at radius 3 is 2.38 bits per heavy atom. The molecule has 6 heteroatoms. The van der Waals surface area contributed by atoms with Gasteiger partial charge in [-0.05, 0) is 18.9 Å². The SMILES string of the molecule is CC1(C(=O)NCC(Cc2ccccc2)C(=O)O)CC1(F)F. The highest BCUT2D eigenvalue weighted by atomic mass is 19.3. The standard InChI is InChI=1S/C15H17F2NO3/c1-14(9-15(14,16)17)13(21)18-8-11(12(19)20)7-10-5-3-2-4-6-10/h2-6,11H,7-9H2,1H3,(H,18,21)(H,19,20). The van der Waals surface area contributed by atoms with E-state index in [9.17, 15) is 18.4 Å². The monoisotopic (exact) mass is 297 g/mol. The summed E-state index contributed by atoms with van der Waals surface area (Å²) in [6.07, 6.45) is -0.244. The number of nitrogens with one attached hydrogen (secondary N) is 1. The molecule has 0 saturated heterocycles. The van der Waals surface area contributed by atoms with Crippen molar-refractivity contribution in [3.05, 3.63) is 35.9 Å². The fraction of sp³-hybridized carbons (Fsp3) is 0.467. The Morgan fingerprint density at radius 1 is 1.33 bits per heavy atom. The van der Waals surface area contributed by atoms with Crippen molar-refractivity contribution in [2.75, 3.05) is 6.54 Å². The molecule has 2 rings (SSSR count). The van der Waals surface area contributed by atoms with Crippen LogP contribution in [0, 0.1) is 11.3 Å². The molecule has 0 spiro atoms. The first kappa shape index (κ1) is 15.4. The lowest BCUT2D eigenvalue weighted by molar-refractivity contribution is -0.141. The summed E-state index contributed by atoms with van der Waals surface area (Å²) in [4.78, 5) is 22.9. The van der Waals surface area contributed by atoms with Crippen LogP contribution in [0.5, 0.6) is 0 Å². The molecule has 1 aromatic rings. The van der Waals surface area contributed by atoms with E-state index in [0.29, 0.717) is 0 Å². The summed E-state index contributed by atoms with van der Waals surface area (Å²) in [5.41, 5.74) is -0.870. The van der Waals surface area contributed by atoms with E-state index in [0.717, 1.165) is 5.56 Å². The molecule has 0 bridgehead atoms. The van der Waals surface area contributed by atoms with E-state index in [1.807, 2.05) is 6.07 Å². The fourth-order valence-electron chi connectivity index (χ4n) is 2.20. The molecule has 114 valence electrons. The first-order chi connectivity index (χ1) is 9.76. The van der Waals surface area contributed by atoms with Crippen molar-refractivity contribution in [1.82, 2.24) is 5.32 Å². The van der Waals surface area contributed by atoms with E-state index >= 15 is 0 Å². The highest BCUT2D eigenvalue weighted by molar-refractivity contribution is 5.87. The van der Waals surface area contributed by atoms with E-state index in [2.05, 4.69) is 5.32 Å². The van der Waals surface area contributed by atoms with Crippen LogP contribution in [0.3, 0.4) is 0 Å². The normalized spacial score (nSPS) is 24.1. The quantitative estimate of drug-likeness (QED) is 0.845. The third-order valence-electron chi connectivity index (χ3n) is 3.94. The second kappa shape index (κ2) is 5.42. The summed E-state index contributed by atoms with van der Waals surface area (Å²) in [5, 5.41) is 11.5. The van der Waals surface area contributed by atoms with Crippen LogP contribution in [0.1, 0.15) is 18.9 Å². The number of alkyl halides is 2. The molecule has 21 heavy (non-hydrogen) atoms. The summed E-state index contributed by atoms with van der Waals surface area (Å²) in [6, 6.07) is 8.97. The van der Waals surface area contributed by atoms with Gasteiger partial charge in [0.25, 0.3) is 5.92 Å². The zero-order valence-electron chi connectivity index (χ0n) is 11.6. The number of rotatable bonds is 6. The van der Waals surface area contributed by atoms with Gasteiger partial charge in [0.1, 0.15) is 5.41 Å². The van der Waals surface area contributed by atoms with E-state index in [4.69, 9.17) is 5.11 Å². The summed E-state index contributed by atoms with van der Waals surface area (Å²) >= 11 is 0. The van der Waals surface area contributed by atoms with Gasteiger partial charge in [-0.2, -0.15) is 0 Å². The molecule has 0 radical (unpaired) electrons. The topological polar surface area (TPSA) is 66.4 Å². The van der Waals surface area contributed by atoms with Crippen LogP contribution < -0.4 is 5.32 Å². The average molecular weight is 297 g/mol. The highest BCUT2D eigenvalue weighted by Crippen LogP contribution is 2.60. The maximum Gasteiger partial charge on any atom is 0.308 e. The van der Waals surface area contributed by atoms with Gasteiger partial charge in [0.2, 0.25) is 5.91 Å². The van der Waals surface area contributed by atoms with Crippen molar-refractivity contribution in [3.8, 4) is 0 Å². The molecule has 1 saturated carbocycles. The molecular weight excluding hydrogens is 280 g/mol. The summed E-state index contributed by atoms with van der Waals surface area (Å²) in [7, 11) is 0. The van der Waals surface area contributed by atoms with Gasteiger partial charge in [-0.15, -0.1) is 0 Å². The lowest BCUT2D eigenvalue weighted by Gasteiger charge is -2.16. The second-order valence-corrected chi connectivity index (χ2v) is 5.65. The Balaban J connectivity index is 1.93. The number of hydrogen-bond donors (Lipinski definition) is 2. The van der Waals surface area contributed by atoms with Gasteiger partial charge in [0, 0.05) is 13.0 Å². The molecular formula is C15H17F2NO3. The second-order valence-electron chi connectivity index (χ2n) is 5.65. The van der Waals surface area contributed by atoms with Crippen molar-refractivity contribution < 1.29 is 23.5 Å². The largest absolute Gasteiger partial charge is 0.481 e. The van der Waals surface area contributed by atoms with Gasteiger partial charge in [0.15, 0.2) is 0 Å². The van der Waals surface area contributed by atoms with Crippen LogP contribution in [-0.2, 0) is 16.0 Å². The number of aliphatic carboxylic acids is 1. The molecule has 1 amide bonds. The van der Waals surface area contributed by atoms with Crippen LogP contribution in [0.4, 0.5) is 8.78 Å². The number of carbonyl (C=O) groups is 2. The molecule has 0 aliphatic heterocycles. The third-order valence-corrected chi connectivity index (χ3v) is 3.94. The minimum atomic E-state index is -2.99. The number of halogens is 2. The molecule has 1 aliphatic rings. The summed E-state index contributed by atoms with van der Waals surface area (Å²) in [6.45, 7) is 1.03. The van der Waals surface area contributed by atoms with Crippen molar-refractivity contribution in [1.29, 1.82) is 0 Å². The lowest BCUT2D eigenvalue weighted by atomic mass is 9.99. The number of hydrogen-bond acceptors (Lipinski definition) is 2. The Morgan fingerprint density at radius 2 is 1.90 bits per heavy atom. The predicted octanol–water partition coefficient (Wildman–Crippen LogP) is 2.09. The molecule has 0 aromatic heterocycles. The first-order valence-electron chi connectivity index (χ1n) is 6.69. The zero-order chi connectivity index (χ0) is 15.7. The zero-order valence-corrected chi connectivity index (χ0v) is 11.6. The molecule has 1 fully saturated rings. The Bertz CT molecular complexity index is 547. The number of carbonyl (C=O) groups excluding carboxylic acids is 1. The maximum absolute atomic E-state index is 13.1. The maximum atomic E-state index is 13.1. The molecule has 2 unspecified atom stereocenters. The Hall–Kier alpha value is -1.98. The van der Waals surface area contributed by atoms with Gasteiger partial charge in [-0.3, -0.25) is 9.59 Å². The fourth-order valence-corrected chi connectivity index (χ4v) is 2.20. The van der Waals surface area contributed by atoms with Gasteiger partial charge < -0.3 is 10.4 Å². The van der Waals surface area contributed by atoms with Crippen LogP contribution >= 0.6 is 0 Å². The van der Waals surface area contributed by atoms with Gasteiger partial charge in [-0.1, -0.05) is 30.3 Å². The predicted molar refractivity (Wildman–Crippen MR) is 72.0 cm³/mol. The Labute approximate surface area is 121 Å². The van der Waals surface area contributed by atoms with Crippen LogP contribution in [0.2, 0.25) is 0 Å². The van der Waals surface area contributed by atoms with E-state index in [-0.39, 0.29) is 13.0 Å². The average Bonchev–Trinajstić information content (AvgIpc) is 2.95. The summed E-state index contributed by atoms with van der Waals surface area (Å²) in [5.74, 6) is -5.68. The van der Waals surface area contributed by atoms with Gasteiger partial charge in [-0.25, -0.2) is 8.78 Å². The van der Waals surface area contributed by atoms with Gasteiger partial charge in [0.05, 0.1) is 5.92 Å². The van der Waals surface area contributed by atoms with Crippen molar-refractivity contribution in [2.45, 2.75) is 25.7 Å². The van der Waals surface area contributed by atoms with E-state index < -0.39 is 35.6 Å². The lowest BCUT2D eigenvalue weighted by Crippen LogP contribution is -2.39. The Kier molecular flexibility index (Phi) is 3.98. The molecule has 1 aliphatic carbocycles. The molecule has 1 aromatic carbocycles. The minimum Gasteiger partial charge on any atom is -0.481 e. The summed E-state index contributed by atoms with van der Waals surface area (Å²) < 4.78 is 26.2.